The topological polar surface area (TPSA) is 37.8 Å². The molecule has 2 rings (SSSR count). The van der Waals surface area contributed by atoms with Crippen LogP contribution in [-0.4, -0.2) is 16.0 Å². The molecular weight excluding hydrogens is 306 g/mol. The van der Waals surface area contributed by atoms with Crippen molar-refractivity contribution in [2.24, 2.45) is 0 Å². The SMILES string of the molecule is CC(C)NC(c1ccc(F)cn1)c1cnc(C(F)(F)F)s1. The third-order valence-electron chi connectivity index (χ3n) is 2.60. The fraction of sp³-hybridized carbons (Fsp3) is 0.385. The monoisotopic (exact) mass is 319 g/mol. The Kier molecular flexibility index (Phi) is 4.58. The van der Waals surface area contributed by atoms with E-state index < -0.39 is 23.0 Å². The number of alkyl halides is 3. The summed E-state index contributed by atoms with van der Waals surface area (Å²) < 4.78 is 50.9. The van der Waals surface area contributed by atoms with E-state index in [9.17, 15) is 17.6 Å². The Morgan fingerprint density at radius 1 is 1.14 bits per heavy atom. The van der Waals surface area contributed by atoms with Crippen molar-refractivity contribution in [2.45, 2.75) is 32.1 Å². The molecule has 0 bridgehead atoms. The van der Waals surface area contributed by atoms with Crippen LogP contribution >= 0.6 is 11.3 Å². The van der Waals surface area contributed by atoms with Gasteiger partial charge in [0.05, 0.1) is 17.9 Å². The summed E-state index contributed by atoms with van der Waals surface area (Å²) in [7, 11) is 0. The molecule has 0 aliphatic carbocycles. The summed E-state index contributed by atoms with van der Waals surface area (Å²) in [5.41, 5.74) is 0.447. The number of hydrogen-bond donors (Lipinski definition) is 1. The van der Waals surface area contributed by atoms with E-state index in [4.69, 9.17) is 0 Å². The highest BCUT2D eigenvalue weighted by molar-refractivity contribution is 7.11. The molecule has 0 saturated heterocycles. The van der Waals surface area contributed by atoms with Crippen LogP contribution in [0.4, 0.5) is 17.6 Å². The molecule has 0 radical (unpaired) electrons. The van der Waals surface area contributed by atoms with Crippen molar-refractivity contribution in [3.05, 3.63) is 45.9 Å². The van der Waals surface area contributed by atoms with E-state index in [-0.39, 0.29) is 6.04 Å². The van der Waals surface area contributed by atoms with Crippen LogP contribution in [0.1, 0.15) is 35.5 Å². The Labute approximate surface area is 123 Å². The summed E-state index contributed by atoms with van der Waals surface area (Å²) in [5.74, 6) is -0.498. The van der Waals surface area contributed by atoms with Gasteiger partial charge in [0, 0.05) is 17.1 Å². The van der Waals surface area contributed by atoms with Crippen LogP contribution in [0.5, 0.6) is 0 Å². The molecule has 0 aliphatic rings. The third kappa shape index (κ3) is 3.98. The van der Waals surface area contributed by atoms with Gasteiger partial charge >= 0.3 is 6.18 Å². The fourth-order valence-electron chi connectivity index (χ4n) is 1.76. The molecule has 1 atom stereocenters. The first-order valence-electron chi connectivity index (χ1n) is 6.18. The molecule has 114 valence electrons. The van der Waals surface area contributed by atoms with Gasteiger partial charge in [0.2, 0.25) is 0 Å². The maximum absolute atomic E-state index is 12.9. The van der Waals surface area contributed by atoms with Crippen LogP contribution in [0.25, 0.3) is 0 Å². The smallest absolute Gasteiger partial charge is 0.302 e. The molecule has 1 N–H and O–H groups in total. The summed E-state index contributed by atoms with van der Waals surface area (Å²) in [4.78, 5) is 7.73. The number of rotatable bonds is 4. The van der Waals surface area contributed by atoms with Gasteiger partial charge in [0.15, 0.2) is 5.01 Å². The first-order valence-corrected chi connectivity index (χ1v) is 6.99. The van der Waals surface area contributed by atoms with E-state index in [2.05, 4.69) is 15.3 Å². The molecule has 21 heavy (non-hydrogen) atoms. The Morgan fingerprint density at radius 2 is 1.86 bits per heavy atom. The molecule has 0 fully saturated rings. The average molecular weight is 319 g/mol. The summed E-state index contributed by atoms with van der Waals surface area (Å²) in [6.45, 7) is 3.73. The predicted octanol–water partition coefficient (Wildman–Crippen LogP) is 3.78. The number of halogens is 4. The van der Waals surface area contributed by atoms with Crippen molar-refractivity contribution in [2.75, 3.05) is 0 Å². The molecule has 0 aromatic carbocycles. The highest BCUT2D eigenvalue weighted by Gasteiger charge is 2.35. The molecule has 0 aliphatic heterocycles. The number of aromatic nitrogens is 2. The first kappa shape index (κ1) is 15.8. The van der Waals surface area contributed by atoms with Gasteiger partial charge in [-0.05, 0) is 26.0 Å². The molecule has 3 nitrogen and oxygen atoms in total. The normalized spacial score (nSPS) is 13.7. The van der Waals surface area contributed by atoms with Crippen LogP contribution in [0, 0.1) is 5.82 Å². The standard InChI is InChI=1S/C13H13F4N3S/c1-7(2)20-11(9-4-3-8(14)5-18-9)10-6-19-12(21-10)13(15,16)17/h3-7,11,20H,1-2H3. The highest BCUT2D eigenvalue weighted by atomic mass is 32.1. The zero-order chi connectivity index (χ0) is 15.6. The number of nitrogens with one attached hydrogen (secondary N) is 1. The quantitative estimate of drug-likeness (QED) is 0.872. The lowest BCUT2D eigenvalue weighted by atomic mass is 10.1. The van der Waals surface area contributed by atoms with Gasteiger partial charge in [-0.15, -0.1) is 11.3 Å². The number of thiazole rings is 1. The lowest BCUT2D eigenvalue weighted by Gasteiger charge is -2.19. The van der Waals surface area contributed by atoms with Gasteiger partial charge in [-0.3, -0.25) is 4.98 Å². The predicted molar refractivity (Wildman–Crippen MR) is 71.4 cm³/mol. The van der Waals surface area contributed by atoms with Gasteiger partial charge < -0.3 is 5.32 Å². The zero-order valence-electron chi connectivity index (χ0n) is 11.3. The number of hydrogen-bond acceptors (Lipinski definition) is 4. The Hall–Kier alpha value is -1.54. The van der Waals surface area contributed by atoms with E-state index in [1.54, 1.807) is 0 Å². The van der Waals surface area contributed by atoms with Crippen molar-refractivity contribution in [3.63, 3.8) is 0 Å². The molecule has 2 aromatic heterocycles. The minimum atomic E-state index is -4.47. The second-order valence-corrected chi connectivity index (χ2v) is 5.78. The van der Waals surface area contributed by atoms with Crippen LogP contribution in [0.2, 0.25) is 0 Å². The second-order valence-electron chi connectivity index (χ2n) is 4.72. The second kappa shape index (κ2) is 6.07. The molecule has 2 heterocycles. The van der Waals surface area contributed by atoms with Crippen LogP contribution in [-0.2, 0) is 6.18 Å². The van der Waals surface area contributed by atoms with E-state index in [1.807, 2.05) is 13.8 Å². The summed E-state index contributed by atoms with van der Waals surface area (Å²) in [6.07, 6.45) is -2.25. The summed E-state index contributed by atoms with van der Waals surface area (Å²) in [5, 5.41) is 2.21. The average Bonchev–Trinajstić information content (AvgIpc) is 2.86. The zero-order valence-corrected chi connectivity index (χ0v) is 12.1. The molecule has 8 heteroatoms. The van der Waals surface area contributed by atoms with Gasteiger partial charge in [-0.1, -0.05) is 0 Å². The minimum absolute atomic E-state index is 0.0123. The number of nitrogens with zero attached hydrogens (tertiary/aromatic N) is 2. The molecule has 0 spiro atoms. The maximum atomic E-state index is 12.9. The van der Waals surface area contributed by atoms with E-state index in [0.717, 1.165) is 6.20 Å². The third-order valence-corrected chi connectivity index (χ3v) is 3.70. The van der Waals surface area contributed by atoms with E-state index in [0.29, 0.717) is 21.9 Å². The molecule has 0 saturated carbocycles. The molecule has 2 aromatic rings. The lowest BCUT2D eigenvalue weighted by molar-refractivity contribution is -0.137. The van der Waals surface area contributed by atoms with E-state index in [1.165, 1.54) is 18.3 Å². The Balaban J connectivity index is 2.36. The van der Waals surface area contributed by atoms with Gasteiger partial charge in [0.25, 0.3) is 0 Å². The maximum Gasteiger partial charge on any atom is 0.443 e. The van der Waals surface area contributed by atoms with E-state index >= 15 is 0 Å². The lowest BCUT2D eigenvalue weighted by Crippen LogP contribution is -2.29. The van der Waals surface area contributed by atoms with Gasteiger partial charge in [-0.25, -0.2) is 9.37 Å². The van der Waals surface area contributed by atoms with Crippen molar-refractivity contribution in [3.8, 4) is 0 Å². The summed E-state index contributed by atoms with van der Waals surface area (Å²) >= 11 is 0.557. The molecule has 1 unspecified atom stereocenters. The van der Waals surface area contributed by atoms with Crippen molar-refractivity contribution < 1.29 is 17.6 Å². The highest BCUT2D eigenvalue weighted by Crippen LogP contribution is 2.35. The minimum Gasteiger partial charge on any atom is -0.302 e. The largest absolute Gasteiger partial charge is 0.443 e. The van der Waals surface area contributed by atoms with Crippen LogP contribution in [0.15, 0.2) is 24.5 Å². The van der Waals surface area contributed by atoms with Gasteiger partial charge in [-0.2, -0.15) is 13.2 Å². The van der Waals surface area contributed by atoms with Crippen molar-refractivity contribution in [1.29, 1.82) is 0 Å². The van der Waals surface area contributed by atoms with Crippen LogP contribution in [0.3, 0.4) is 0 Å². The molecule has 0 amide bonds. The fourth-order valence-corrected chi connectivity index (χ4v) is 2.61. The number of pyridine rings is 1. The van der Waals surface area contributed by atoms with Gasteiger partial charge in [0.1, 0.15) is 5.82 Å². The Morgan fingerprint density at radius 3 is 2.33 bits per heavy atom. The van der Waals surface area contributed by atoms with Crippen molar-refractivity contribution >= 4 is 11.3 Å². The van der Waals surface area contributed by atoms with Crippen molar-refractivity contribution in [1.82, 2.24) is 15.3 Å². The Bertz CT molecular complexity index is 592. The first-order chi connectivity index (χ1) is 9.77. The van der Waals surface area contributed by atoms with Crippen LogP contribution < -0.4 is 5.32 Å². The summed E-state index contributed by atoms with van der Waals surface area (Å²) in [6, 6.07) is 2.13. The molecular formula is C13H13F4N3S.